The highest BCUT2D eigenvalue weighted by atomic mass is 32.2. The Morgan fingerprint density at radius 2 is 1.53 bits per heavy atom. The van der Waals surface area contributed by atoms with Gasteiger partial charge < -0.3 is 8.92 Å². The van der Waals surface area contributed by atoms with E-state index in [1.807, 2.05) is 45.2 Å². The molecule has 0 heterocycles. The fourth-order valence-electron chi connectivity index (χ4n) is 3.81. The van der Waals surface area contributed by atoms with Crippen molar-refractivity contribution in [3.05, 3.63) is 59.2 Å². The number of carbonyl (C=O) groups excluding carboxylic acids is 1. The van der Waals surface area contributed by atoms with Crippen LogP contribution in [0.2, 0.25) is 0 Å². The van der Waals surface area contributed by atoms with Crippen molar-refractivity contribution in [2.75, 3.05) is 12.9 Å². The molecular weight excluding hydrogens is 392 g/mol. The zero-order valence-corrected chi connectivity index (χ0v) is 20.3. The highest BCUT2D eigenvalue weighted by Crippen LogP contribution is 2.41. The number of carbonyl (C=O) groups is 1. The van der Waals surface area contributed by atoms with Gasteiger partial charge in [0.1, 0.15) is 18.1 Å². The minimum Gasteiger partial charge on any atom is -0.486 e. The van der Waals surface area contributed by atoms with Crippen LogP contribution in [0, 0.1) is 5.41 Å². The Balaban J connectivity index is 2.37. The van der Waals surface area contributed by atoms with Crippen molar-refractivity contribution in [3.8, 4) is 11.5 Å². The maximum Gasteiger partial charge on any atom is 0.175 e. The van der Waals surface area contributed by atoms with E-state index in [-0.39, 0.29) is 17.8 Å². The van der Waals surface area contributed by atoms with Gasteiger partial charge in [0, 0.05) is 17.1 Å². The van der Waals surface area contributed by atoms with Crippen molar-refractivity contribution < 1.29 is 13.7 Å². The number of hydrogen-bond acceptors (Lipinski definition) is 4. The Labute approximate surface area is 186 Å². The van der Waals surface area contributed by atoms with Gasteiger partial charge in [0.25, 0.3) is 0 Å². The molecule has 2 aromatic rings. The van der Waals surface area contributed by atoms with Crippen molar-refractivity contribution in [3.63, 3.8) is 0 Å². The number of ketones is 1. The highest BCUT2D eigenvalue weighted by Gasteiger charge is 2.31. The van der Waals surface area contributed by atoms with E-state index in [1.54, 1.807) is 0 Å². The first-order valence-corrected chi connectivity index (χ1v) is 12.0. The molecule has 2 rings (SSSR count). The SMILES string of the molecule is CCc1cc(C(CC)(CC)c2ccc(OSC)cc2)ccc1OCC(=O)C(C)(C)C. The molecule has 0 unspecified atom stereocenters. The number of benzene rings is 2. The summed E-state index contributed by atoms with van der Waals surface area (Å²) < 4.78 is 11.5. The molecule has 0 saturated carbocycles. The third-order valence-corrected chi connectivity index (χ3v) is 6.34. The molecule has 0 saturated heterocycles. The molecule has 0 aromatic heterocycles. The van der Waals surface area contributed by atoms with Crippen LogP contribution in [0.25, 0.3) is 0 Å². The predicted molar refractivity (Wildman–Crippen MR) is 128 cm³/mol. The monoisotopic (exact) mass is 428 g/mol. The largest absolute Gasteiger partial charge is 0.486 e. The van der Waals surface area contributed by atoms with E-state index in [0.717, 1.165) is 36.3 Å². The Kier molecular flexibility index (Phi) is 8.42. The standard InChI is InChI=1S/C26H36O3S/c1-8-19-17-21(13-16-23(19)28-18-24(27)25(4,5)6)26(9-2,10-3)20-11-14-22(15-12-20)29-30-7/h11-17H,8-10,18H2,1-7H3. The van der Waals surface area contributed by atoms with Gasteiger partial charge >= 0.3 is 0 Å². The van der Waals surface area contributed by atoms with Gasteiger partial charge in [-0.05, 0) is 54.2 Å². The maximum atomic E-state index is 12.3. The first kappa shape index (κ1) is 24.3. The van der Waals surface area contributed by atoms with Gasteiger partial charge in [-0.2, -0.15) is 0 Å². The molecular formula is C26H36O3S. The number of ether oxygens (including phenoxy) is 1. The van der Waals surface area contributed by atoms with Crippen molar-refractivity contribution in [1.29, 1.82) is 0 Å². The average molecular weight is 429 g/mol. The predicted octanol–water partition coefficient (Wildman–Crippen LogP) is 7.01. The van der Waals surface area contributed by atoms with Gasteiger partial charge in [0.2, 0.25) is 0 Å². The Hall–Kier alpha value is -1.94. The van der Waals surface area contributed by atoms with E-state index in [0.29, 0.717) is 0 Å². The number of hydrogen-bond donors (Lipinski definition) is 0. The van der Waals surface area contributed by atoms with E-state index in [9.17, 15) is 4.79 Å². The molecule has 0 aliphatic carbocycles. The molecule has 0 fully saturated rings. The first-order valence-electron chi connectivity index (χ1n) is 10.8. The molecule has 3 nitrogen and oxygen atoms in total. The fraction of sp³-hybridized carbons (Fsp3) is 0.500. The quantitative estimate of drug-likeness (QED) is 0.381. The summed E-state index contributed by atoms with van der Waals surface area (Å²) >= 11 is 1.35. The molecule has 2 aromatic carbocycles. The second kappa shape index (κ2) is 10.4. The van der Waals surface area contributed by atoms with E-state index in [4.69, 9.17) is 8.92 Å². The summed E-state index contributed by atoms with van der Waals surface area (Å²) in [6.07, 6.45) is 4.77. The number of aryl methyl sites for hydroxylation is 1. The van der Waals surface area contributed by atoms with Gasteiger partial charge in [-0.15, -0.1) is 0 Å². The van der Waals surface area contributed by atoms with E-state index < -0.39 is 5.41 Å². The molecule has 0 amide bonds. The van der Waals surface area contributed by atoms with Gasteiger partial charge in [0.05, 0.1) is 12.0 Å². The molecule has 164 valence electrons. The van der Waals surface area contributed by atoms with Crippen molar-refractivity contribution in [2.24, 2.45) is 5.41 Å². The topological polar surface area (TPSA) is 35.5 Å². The third kappa shape index (κ3) is 5.40. The maximum absolute atomic E-state index is 12.3. The minimum atomic E-state index is -0.391. The van der Waals surface area contributed by atoms with Crippen molar-refractivity contribution in [1.82, 2.24) is 0 Å². The lowest BCUT2D eigenvalue weighted by molar-refractivity contribution is -0.128. The minimum absolute atomic E-state index is 0.0679. The van der Waals surface area contributed by atoms with E-state index >= 15 is 0 Å². The third-order valence-electron chi connectivity index (χ3n) is 5.98. The molecule has 30 heavy (non-hydrogen) atoms. The van der Waals surface area contributed by atoms with Gasteiger partial charge in [-0.1, -0.05) is 65.8 Å². The van der Waals surface area contributed by atoms with Crippen LogP contribution in [0.15, 0.2) is 42.5 Å². The summed E-state index contributed by atoms with van der Waals surface area (Å²) in [5.74, 6) is 1.79. The fourth-order valence-corrected chi connectivity index (χ4v) is 4.12. The molecule has 4 heteroatoms. The lowest BCUT2D eigenvalue weighted by Crippen LogP contribution is -2.27. The van der Waals surface area contributed by atoms with Gasteiger partial charge in [-0.3, -0.25) is 4.79 Å². The van der Waals surface area contributed by atoms with Crippen molar-refractivity contribution in [2.45, 2.75) is 66.2 Å². The first-order chi connectivity index (χ1) is 14.2. The summed E-state index contributed by atoms with van der Waals surface area (Å²) in [6.45, 7) is 12.5. The average Bonchev–Trinajstić information content (AvgIpc) is 2.74. The molecule has 0 aliphatic heterocycles. The summed E-state index contributed by atoms with van der Waals surface area (Å²) in [5.41, 5.74) is 3.26. The van der Waals surface area contributed by atoms with Crippen LogP contribution in [-0.4, -0.2) is 18.6 Å². The van der Waals surface area contributed by atoms with Crippen LogP contribution < -0.4 is 8.92 Å². The lowest BCUT2D eigenvalue weighted by Gasteiger charge is -2.34. The molecule has 0 spiro atoms. The summed E-state index contributed by atoms with van der Waals surface area (Å²) in [4.78, 5) is 12.3. The van der Waals surface area contributed by atoms with Gasteiger partial charge in [0.15, 0.2) is 5.78 Å². The molecule has 0 aliphatic rings. The van der Waals surface area contributed by atoms with Crippen LogP contribution in [0.5, 0.6) is 11.5 Å². The van der Waals surface area contributed by atoms with Gasteiger partial charge in [-0.25, -0.2) is 0 Å². The molecule has 0 radical (unpaired) electrons. The second-order valence-corrected chi connectivity index (χ2v) is 9.20. The summed E-state index contributed by atoms with van der Waals surface area (Å²) in [7, 11) is 0. The molecule has 0 N–H and O–H groups in total. The zero-order valence-electron chi connectivity index (χ0n) is 19.5. The zero-order chi connectivity index (χ0) is 22.4. The second-order valence-electron chi connectivity index (χ2n) is 8.70. The molecule has 0 atom stereocenters. The Morgan fingerprint density at radius 1 is 0.933 bits per heavy atom. The summed E-state index contributed by atoms with van der Waals surface area (Å²) in [5, 5.41) is 0. The smallest absolute Gasteiger partial charge is 0.175 e. The Bertz CT molecular complexity index is 830. The normalized spacial score (nSPS) is 12.0. The lowest BCUT2D eigenvalue weighted by atomic mass is 9.70. The van der Waals surface area contributed by atoms with Crippen LogP contribution >= 0.6 is 12.0 Å². The van der Waals surface area contributed by atoms with Crippen LogP contribution in [0.4, 0.5) is 0 Å². The Morgan fingerprint density at radius 3 is 2.03 bits per heavy atom. The van der Waals surface area contributed by atoms with Crippen molar-refractivity contribution >= 4 is 17.8 Å². The van der Waals surface area contributed by atoms with Crippen LogP contribution in [0.1, 0.15) is 71.1 Å². The summed E-state index contributed by atoms with van der Waals surface area (Å²) in [6, 6.07) is 14.9. The van der Waals surface area contributed by atoms with E-state index in [1.165, 1.54) is 23.2 Å². The molecule has 0 bridgehead atoms. The number of Topliss-reactive ketones (excluding diaryl/α,β-unsaturated/α-hetero) is 1. The van der Waals surface area contributed by atoms with E-state index in [2.05, 4.69) is 45.0 Å². The van der Waals surface area contributed by atoms with Crippen LogP contribution in [0.3, 0.4) is 0 Å². The van der Waals surface area contributed by atoms with Crippen LogP contribution in [-0.2, 0) is 16.6 Å². The number of rotatable bonds is 10. The highest BCUT2D eigenvalue weighted by molar-refractivity contribution is 7.94.